The minimum atomic E-state index is -0.503. The molecule has 156 valence electrons. The lowest BCUT2D eigenvalue weighted by molar-refractivity contribution is 0.0746. The highest BCUT2D eigenvalue weighted by molar-refractivity contribution is 6.34. The highest BCUT2D eigenvalue weighted by Crippen LogP contribution is 2.29. The van der Waals surface area contributed by atoms with E-state index in [9.17, 15) is 14.4 Å². The predicted molar refractivity (Wildman–Crippen MR) is 113 cm³/mol. The van der Waals surface area contributed by atoms with Crippen LogP contribution in [0.1, 0.15) is 36.8 Å². The minimum Gasteiger partial charge on any atom is -0.368 e. The van der Waals surface area contributed by atoms with Crippen molar-refractivity contribution in [3.63, 3.8) is 0 Å². The van der Waals surface area contributed by atoms with Gasteiger partial charge in [-0.2, -0.15) is 0 Å². The van der Waals surface area contributed by atoms with E-state index in [4.69, 9.17) is 4.52 Å². The molecule has 0 aliphatic carbocycles. The van der Waals surface area contributed by atoms with E-state index in [-0.39, 0.29) is 22.9 Å². The first-order valence-corrected chi connectivity index (χ1v) is 10.1. The zero-order valence-corrected chi connectivity index (χ0v) is 16.9. The van der Waals surface area contributed by atoms with Gasteiger partial charge in [0.05, 0.1) is 11.1 Å². The Morgan fingerprint density at radius 2 is 1.61 bits per heavy atom. The van der Waals surface area contributed by atoms with Crippen LogP contribution < -0.4 is 9.80 Å². The number of para-hydroxylation sites is 1. The van der Waals surface area contributed by atoms with Gasteiger partial charge in [0, 0.05) is 43.5 Å². The van der Waals surface area contributed by atoms with E-state index >= 15 is 0 Å². The van der Waals surface area contributed by atoms with Gasteiger partial charge in [0.2, 0.25) is 0 Å². The van der Waals surface area contributed by atoms with Gasteiger partial charge in [0.25, 0.3) is 17.7 Å². The molecule has 0 N–H and O–H groups in total. The second kappa shape index (κ2) is 7.39. The normalized spacial score (nSPS) is 16.1. The summed E-state index contributed by atoms with van der Waals surface area (Å²) in [5.74, 6) is -0.474. The maximum Gasteiger partial charge on any atom is 0.267 e. The van der Waals surface area contributed by atoms with Crippen LogP contribution in [0.2, 0.25) is 0 Å². The van der Waals surface area contributed by atoms with Gasteiger partial charge in [-0.1, -0.05) is 23.4 Å². The van der Waals surface area contributed by atoms with E-state index in [1.165, 1.54) is 18.2 Å². The van der Waals surface area contributed by atoms with Crippen LogP contribution in [0, 0.1) is 6.92 Å². The summed E-state index contributed by atoms with van der Waals surface area (Å²) >= 11 is 0. The van der Waals surface area contributed by atoms with Crippen molar-refractivity contribution >= 4 is 29.2 Å². The summed E-state index contributed by atoms with van der Waals surface area (Å²) in [6, 6.07) is 16.3. The summed E-state index contributed by atoms with van der Waals surface area (Å²) in [7, 11) is 0. The lowest BCUT2D eigenvalue weighted by Gasteiger charge is -2.36. The number of anilines is 2. The van der Waals surface area contributed by atoms with Gasteiger partial charge in [0.15, 0.2) is 5.82 Å². The van der Waals surface area contributed by atoms with Gasteiger partial charge in [-0.15, -0.1) is 0 Å². The van der Waals surface area contributed by atoms with Crippen LogP contribution in [0.5, 0.6) is 0 Å². The minimum absolute atomic E-state index is 0.147. The van der Waals surface area contributed by atoms with Gasteiger partial charge in [0.1, 0.15) is 5.76 Å². The molecule has 2 aliphatic heterocycles. The number of nitrogens with zero attached hydrogens (tertiary/aromatic N) is 4. The molecule has 1 saturated heterocycles. The molecule has 2 aliphatic rings. The fourth-order valence-electron chi connectivity index (χ4n) is 4.03. The summed E-state index contributed by atoms with van der Waals surface area (Å²) in [6.45, 7) is 4.32. The van der Waals surface area contributed by atoms with Gasteiger partial charge >= 0.3 is 0 Å². The maximum absolute atomic E-state index is 13.1. The van der Waals surface area contributed by atoms with Crippen LogP contribution in [0.15, 0.2) is 59.1 Å². The smallest absolute Gasteiger partial charge is 0.267 e. The molecule has 0 bridgehead atoms. The molecule has 0 spiro atoms. The monoisotopic (exact) mass is 416 g/mol. The molecule has 3 heterocycles. The van der Waals surface area contributed by atoms with Crippen LogP contribution in [0.25, 0.3) is 0 Å². The summed E-state index contributed by atoms with van der Waals surface area (Å²) in [5.41, 5.74) is 2.00. The van der Waals surface area contributed by atoms with Crippen molar-refractivity contribution in [1.82, 2.24) is 10.1 Å². The van der Waals surface area contributed by atoms with Crippen LogP contribution in [-0.4, -0.2) is 54.0 Å². The number of benzene rings is 2. The first kappa shape index (κ1) is 19.0. The molecule has 0 atom stereocenters. The first-order chi connectivity index (χ1) is 15.0. The number of carbonyl (C=O) groups is 3. The van der Waals surface area contributed by atoms with Crippen LogP contribution in [0.4, 0.5) is 11.5 Å². The molecule has 1 aromatic heterocycles. The molecule has 0 unspecified atom stereocenters. The Labute approximate surface area is 178 Å². The fraction of sp³-hybridized carbons (Fsp3) is 0.217. The molecule has 0 radical (unpaired) electrons. The number of carbonyl (C=O) groups excluding carboxylic acids is 3. The molecular weight excluding hydrogens is 396 g/mol. The number of imide groups is 1. The van der Waals surface area contributed by atoms with Crippen molar-refractivity contribution in [1.29, 1.82) is 0 Å². The van der Waals surface area contributed by atoms with E-state index in [0.29, 0.717) is 24.4 Å². The van der Waals surface area contributed by atoms with Crippen LogP contribution in [-0.2, 0) is 0 Å². The molecular formula is C23H20N4O4. The molecule has 5 rings (SSSR count). The standard InChI is InChI=1S/C23H20N4O4/c1-15-13-20(24-31-15)27-22(29)18-8-7-16(14-19(18)23(27)30)21(28)26-11-9-25(10-12-26)17-5-3-2-4-6-17/h2-8,13-14H,9-12H2,1H3. The molecule has 3 amide bonds. The van der Waals surface area contributed by atoms with Gasteiger partial charge < -0.3 is 14.3 Å². The Kier molecular flexibility index (Phi) is 4.54. The second-order valence-corrected chi connectivity index (χ2v) is 7.62. The number of amides is 3. The molecule has 8 heteroatoms. The number of rotatable bonds is 3. The average molecular weight is 416 g/mol. The Hall–Kier alpha value is -3.94. The topological polar surface area (TPSA) is 87.0 Å². The van der Waals surface area contributed by atoms with Gasteiger partial charge in [-0.3, -0.25) is 14.4 Å². The van der Waals surface area contributed by atoms with Crippen molar-refractivity contribution in [2.75, 3.05) is 36.0 Å². The zero-order valence-electron chi connectivity index (χ0n) is 16.9. The van der Waals surface area contributed by atoms with E-state index in [2.05, 4.69) is 22.2 Å². The number of hydrogen-bond acceptors (Lipinski definition) is 6. The van der Waals surface area contributed by atoms with Crippen molar-refractivity contribution in [3.8, 4) is 0 Å². The van der Waals surface area contributed by atoms with Gasteiger partial charge in [-0.05, 0) is 37.3 Å². The molecule has 3 aromatic rings. The van der Waals surface area contributed by atoms with Crippen molar-refractivity contribution in [2.45, 2.75) is 6.92 Å². The molecule has 0 saturated carbocycles. The number of hydrogen-bond donors (Lipinski definition) is 0. The molecule has 2 aromatic carbocycles. The number of piperazine rings is 1. The van der Waals surface area contributed by atoms with Crippen molar-refractivity contribution < 1.29 is 18.9 Å². The molecule has 8 nitrogen and oxygen atoms in total. The second-order valence-electron chi connectivity index (χ2n) is 7.62. The molecule has 31 heavy (non-hydrogen) atoms. The zero-order chi connectivity index (χ0) is 21.5. The fourth-order valence-corrected chi connectivity index (χ4v) is 4.03. The third-order valence-corrected chi connectivity index (χ3v) is 5.67. The van der Waals surface area contributed by atoms with E-state index in [1.54, 1.807) is 17.9 Å². The summed E-state index contributed by atoms with van der Waals surface area (Å²) in [4.78, 5) is 43.6. The Bertz CT molecular complexity index is 1180. The maximum atomic E-state index is 13.1. The summed E-state index contributed by atoms with van der Waals surface area (Å²) in [5, 5.41) is 3.77. The van der Waals surface area contributed by atoms with E-state index < -0.39 is 11.8 Å². The Balaban J connectivity index is 1.33. The van der Waals surface area contributed by atoms with Crippen LogP contribution >= 0.6 is 0 Å². The Morgan fingerprint density at radius 1 is 0.903 bits per heavy atom. The Morgan fingerprint density at radius 3 is 2.29 bits per heavy atom. The number of aryl methyl sites for hydroxylation is 1. The van der Waals surface area contributed by atoms with Crippen molar-refractivity contribution in [2.24, 2.45) is 0 Å². The SMILES string of the molecule is Cc1cc(N2C(=O)c3ccc(C(=O)N4CCN(c5ccccc5)CC4)cc3C2=O)no1. The predicted octanol–water partition coefficient (Wildman–Crippen LogP) is 2.75. The van der Waals surface area contributed by atoms with Crippen LogP contribution in [0.3, 0.4) is 0 Å². The van der Waals surface area contributed by atoms with Crippen molar-refractivity contribution in [3.05, 3.63) is 77.0 Å². The summed E-state index contributed by atoms with van der Waals surface area (Å²) in [6.07, 6.45) is 0. The average Bonchev–Trinajstić information content (AvgIpc) is 3.34. The van der Waals surface area contributed by atoms with E-state index in [1.807, 2.05) is 18.2 Å². The van der Waals surface area contributed by atoms with Gasteiger partial charge in [-0.25, -0.2) is 4.90 Å². The lowest BCUT2D eigenvalue weighted by Crippen LogP contribution is -2.48. The quantitative estimate of drug-likeness (QED) is 0.610. The third-order valence-electron chi connectivity index (χ3n) is 5.67. The lowest BCUT2D eigenvalue weighted by atomic mass is 10.0. The number of fused-ring (bicyclic) bond motifs is 1. The number of aromatic nitrogens is 1. The third kappa shape index (κ3) is 3.26. The summed E-state index contributed by atoms with van der Waals surface area (Å²) < 4.78 is 4.99. The molecule has 1 fully saturated rings. The largest absolute Gasteiger partial charge is 0.368 e. The first-order valence-electron chi connectivity index (χ1n) is 10.1. The highest BCUT2D eigenvalue weighted by Gasteiger charge is 2.39. The van der Waals surface area contributed by atoms with E-state index in [0.717, 1.165) is 23.7 Å². The highest BCUT2D eigenvalue weighted by atomic mass is 16.5.